The third-order valence-corrected chi connectivity index (χ3v) is 4.22. The van der Waals surface area contributed by atoms with E-state index in [1.54, 1.807) is 0 Å². The molecule has 5 nitrogen and oxygen atoms in total. The van der Waals surface area contributed by atoms with Gasteiger partial charge in [0.05, 0.1) is 23.7 Å². The molecule has 2 atom stereocenters. The zero-order valence-corrected chi connectivity index (χ0v) is 12.6. The van der Waals surface area contributed by atoms with Crippen molar-refractivity contribution in [3.63, 3.8) is 0 Å². The minimum Gasteiger partial charge on any atom is -0.490 e. The van der Waals surface area contributed by atoms with Crippen molar-refractivity contribution in [2.24, 2.45) is 5.73 Å². The molecule has 0 bridgehead atoms. The molecule has 1 aromatic carbocycles. The Hall–Kier alpha value is -1.27. The molecule has 2 unspecified atom stereocenters. The van der Waals surface area contributed by atoms with Gasteiger partial charge >= 0.3 is 0 Å². The molecular weight excluding hydrogens is 324 g/mol. The SMILES string of the molecule is NC1CCC(=O)NC1c1cc(Br)c2c(c1)OCCCO2. The third kappa shape index (κ3) is 2.62. The van der Waals surface area contributed by atoms with Crippen LogP contribution in [0, 0.1) is 0 Å². The summed E-state index contributed by atoms with van der Waals surface area (Å²) in [5.41, 5.74) is 7.07. The van der Waals surface area contributed by atoms with Crippen LogP contribution < -0.4 is 20.5 Å². The number of amides is 1. The van der Waals surface area contributed by atoms with Crippen molar-refractivity contribution >= 4 is 21.8 Å². The Morgan fingerprint density at radius 1 is 1.30 bits per heavy atom. The Balaban J connectivity index is 1.95. The number of benzene rings is 1. The molecule has 2 aliphatic rings. The van der Waals surface area contributed by atoms with Crippen LogP contribution in [-0.4, -0.2) is 25.2 Å². The van der Waals surface area contributed by atoms with E-state index in [0.717, 1.165) is 22.2 Å². The first-order valence-corrected chi connectivity index (χ1v) is 7.58. The highest BCUT2D eigenvalue weighted by atomic mass is 79.9. The molecule has 2 aliphatic heterocycles. The number of hydrogen-bond donors (Lipinski definition) is 2. The first kappa shape index (κ1) is 13.7. The summed E-state index contributed by atoms with van der Waals surface area (Å²) in [6.45, 7) is 1.27. The highest BCUT2D eigenvalue weighted by Crippen LogP contribution is 2.40. The quantitative estimate of drug-likeness (QED) is 0.818. The smallest absolute Gasteiger partial charge is 0.220 e. The Morgan fingerprint density at radius 2 is 2.10 bits per heavy atom. The van der Waals surface area contributed by atoms with Gasteiger partial charge in [-0.05, 0) is 40.0 Å². The molecule has 0 radical (unpaired) electrons. The number of halogens is 1. The maximum Gasteiger partial charge on any atom is 0.220 e. The number of carbonyl (C=O) groups is 1. The van der Waals surface area contributed by atoms with Crippen LogP contribution in [0.5, 0.6) is 11.5 Å². The van der Waals surface area contributed by atoms with Gasteiger partial charge < -0.3 is 20.5 Å². The van der Waals surface area contributed by atoms with Crippen LogP contribution in [0.25, 0.3) is 0 Å². The number of rotatable bonds is 1. The van der Waals surface area contributed by atoms with Crippen molar-refractivity contribution in [1.29, 1.82) is 0 Å². The van der Waals surface area contributed by atoms with E-state index in [2.05, 4.69) is 21.2 Å². The van der Waals surface area contributed by atoms with Crippen molar-refractivity contribution in [2.45, 2.75) is 31.3 Å². The first-order chi connectivity index (χ1) is 9.65. The van der Waals surface area contributed by atoms with Gasteiger partial charge in [-0.2, -0.15) is 0 Å². The largest absolute Gasteiger partial charge is 0.490 e. The van der Waals surface area contributed by atoms with Gasteiger partial charge in [0.2, 0.25) is 5.91 Å². The molecule has 0 saturated carbocycles. The lowest BCUT2D eigenvalue weighted by atomic mass is 9.92. The lowest BCUT2D eigenvalue weighted by molar-refractivity contribution is -0.123. The Morgan fingerprint density at radius 3 is 2.95 bits per heavy atom. The Labute approximate surface area is 125 Å². The van der Waals surface area contributed by atoms with Crippen molar-refractivity contribution in [2.75, 3.05) is 13.2 Å². The van der Waals surface area contributed by atoms with Crippen LogP contribution in [0.2, 0.25) is 0 Å². The molecular formula is C14H17BrN2O3. The fourth-order valence-corrected chi connectivity index (χ4v) is 3.15. The molecule has 1 saturated heterocycles. The van der Waals surface area contributed by atoms with Crippen LogP contribution in [0.3, 0.4) is 0 Å². The van der Waals surface area contributed by atoms with Crippen molar-refractivity contribution in [3.05, 3.63) is 22.2 Å². The second-order valence-electron chi connectivity index (χ2n) is 5.13. The van der Waals surface area contributed by atoms with Gasteiger partial charge in [-0.25, -0.2) is 0 Å². The van der Waals surface area contributed by atoms with E-state index in [1.807, 2.05) is 12.1 Å². The monoisotopic (exact) mass is 340 g/mol. The van der Waals surface area contributed by atoms with E-state index < -0.39 is 0 Å². The molecule has 0 aliphatic carbocycles. The molecule has 0 aromatic heterocycles. The number of nitrogens with two attached hydrogens (primary N) is 1. The van der Waals surface area contributed by atoms with E-state index in [4.69, 9.17) is 15.2 Å². The van der Waals surface area contributed by atoms with E-state index in [0.29, 0.717) is 31.8 Å². The molecule has 1 amide bonds. The van der Waals surface area contributed by atoms with Gasteiger partial charge in [-0.3, -0.25) is 4.79 Å². The summed E-state index contributed by atoms with van der Waals surface area (Å²) in [4.78, 5) is 11.6. The van der Waals surface area contributed by atoms with Gasteiger partial charge in [0.1, 0.15) is 0 Å². The molecule has 6 heteroatoms. The van der Waals surface area contributed by atoms with Crippen LogP contribution >= 0.6 is 15.9 Å². The summed E-state index contributed by atoms with van der Waals surface area (Å²) in [6.07, 6.45) is 2.04. The molecule has 3 rings (SSSR count). The fraction of sp³-hybridized carbons (Fsp3) is 0.500. The number of hydrogen-bond acceptors (Lipinski definition) is 4. The maximum atomic E-state index is 11.6. The molecule has 1 fully saturated rings. The number of nitrogens with one attached hydrogen (secondary N) is 1. The van der Waals surface area contributed by atoms with E-state index in [1.165, 1.54) is 0 Å². The number of ether oxygens (including phenoxy) is 2. The second kappa shape index (κ2) is 5.61. The Bertz CT molecular complexity index is 535. The van der Waals surface area contributed by atoms with Gasteiger partial charge in [-0.1, -0.05) is 0 Å². The van der Waals surface area contributed by atoms with Crippen LogP contribution in [0.15, 0.2) is 16.6 Å². The van der Waals surface area contributed by atoms with Crippen LogP contribution in [-0.2, 0) is 4.79 Å². The molecule has 20 heavy (non-hydrogen) atoms. The topological polar surface area (TPSA) is 73.6 Å². The molecule has 1 aromatic rings. The van der Waals surface area contributed by atoms with Crippen LogP contribution in [0.1, 0.15) is 30.9 Å². The lowest BCUT2D eigenvalue weighted by Gasteiger charge is -2.30. The predicted octanol–water partition coefficient (Wildman–Crippen LogP) is 1.89. The highest BCUT2D eigenvalue weighted by molar-refractivity contribution is 9.10. The molecule has 108 valence electrons. The summed E-state index contributed by atoms with van der Waals surface area (Å²) in [6, 6.07) is 3.61. The Kier molecular flexibility index (Phi) is 3.85. The minimum atomic E-state index is -0.176. The van der Waals surface area contributed by atoms with Gasteiger partial charge in [0, 0.05) is 18.9 Å². The lowest BCUT2D eigenvalue weighted by Crippen LogP contribution is -2.45. The fourth-order valence-electron chi connectivity index (χ4n) is 2.58. The number of piperidine rings is 1. The summed E-state index contributed by atoms with van der Waals surface area (Å²) in [7, 11) is 0. The van der Waals surface area contributed by atoms with E-state index >= 15 is 0 Å². The standard InChI is InChI=1S/C14H17BrN2O3/c15-9-6-8(13-10(16)2-3-12(18)17-13)7-11-14(9)20-5-1-4-19-11/h6-7,10,13H,1-5,16H2,(H,17,18). The average Bonchev–Trinajstić information content (AvgIpc) is 2.67. The van der Waals surface area contributed by atoms with E-state index in [9.17, 15) is 4.79 Å². The van der Waals surface area contributed by atoms with Crippen molar-refractivity contribution < 1.29 is 14.3 Å². The van der Waals surface area contributed by atoms with Gasteiger partial charge in [0.15, 0.2) is 11.5 Å². The zero-order chi connectivity index (χ0) is 14.1. The maximum absolute atomic E-state index is 11.6. The predicted molar refractivity (Wildman–Crippen MR) is 77.8 cm³/mol. The molecule has 0 spiro atoms. The number of fused-ring (bicyclic) bond motifs is 1. The highest BCUT2D eigenvalue weighted by Gasteiger charge is 2.29. The zero-order valence-electron chi connectivity index (χ0n) is 11.0. The van der Waals surface area contributed by atoms with Crippen molar-refractivity contribution in [1.82, 2.24) is 5.32 Å². The first-order valence-electron chi connectivity index (χ1n) is 6.79. The summed E-state index contributed by atoms with van der Waals surface area (Å²) < 4.78 is 12.2. The summed E-state index contributed by atoms with van der Waals surface area (Å²) in [5, 5.41) is 2.95. The average molecular weight is 341 g/mol. The molecule has 3 N–H and O–H groups in total. The van der Waals surface area contributed by atoms with E-state index in [-0.39, 0.29) is 18.0 Å². The van der Waals surface area contributed by atoms with Gasteiger partial charge in [-0.15, -0.1) is 0 Å². The van der Waals surface area contributed by atoms with Gasteiger partial charge in [0.25, 0.3) is 0 Å². The molecule has 2 heterocycles. The third-order valence-electron chi connectivity index (χ3n) is 3.63. The van der Waals surface area contributed by atoms with Crippen LogP contribution in [0.4, 0.5) is 0 Å². The number of carbonyl (C=O) groups excluding carboxylic acids is 1. The summed E-state index contributed by atoms with van der Waals surface area (Å²) in [5.74, 6) is 1.47. The van der Waals surface area contributed by atoms with Crippen molar-refractivity contribution in [3.8, 4) is 11.5 Å². The normalized spacial score (nSPS) is 25.8. The minimum absolute atomic E-state index is 0.0416. The second-order valence-corrected chi connectivity index (χ2v) is 5.98. The summed E-state index contributed by atoms with van der Waals surface area (Å²) >= 11 is 3.51.